The van der Waals surface area contributed by atoms with Crippen LogP contribution in [0.4, 0.5) is 14.5 Å². The molecule has 0 unspecified atom stereocenters. The third kappa shape index (κ3) is 3.67. The zero-order valence-electron chi connectivity index (χ0n) is 12.0. The first-order valence-corrected chi connectivity index (χ1v) is 7.70. The molecule has 3 N–H and O–H groups in total. The Kier molecular flexibility index (Phi) is 4.76. The van der Waals surface area contributed by atoms with Crippen LogP contribution in [0.5, 0.6) is 0 Å². The number of halogens is 2. The minimum absolute atomic E-state index is 0.0796. The van der Waals surface area contributed by atoms with E-state index in [1.165, 1.54) is 0 Å². The molecule has 0 bridgehead atoms. The van der Waals surface area contributed by atoms with E-state index >= 15 is 0 Å². The van der Waals surface area contributed by atoms with Gasteiger partial charge in [0.2, 0.25) is 10.0 Å². The number of rotatable bonds is 5. The maximum atomic E-state index is 13.6. The van der Waals surface area contributed by atoms with Gasteiger partial charge in [-0.2, -0.15) is 0 Å². The van der Waals surface area contributed by atoms with Crippen LogP contribution < -0.4 is 10.5 Å². The van der Waals surface area contributed by atoms with Crippen LogP contribution in [-0.2, 0) is 10.0 Å². The highest BCUT2D eigenvalue weighted by molar-refractivity contribution is 7.89. The van der Waals surface area contributed by atoms with Crippen LogP contribution in [0.2, 0.25) is 0 Å². The van der Waals surface area contributed by atoms with Crippen molar-refractivity contribution in [3.05, 3.63) is 23.8 Å². The fraction of sp³-hybridized carbons (Fsp3) is 0.538. The average molecular weight is 306 g/mol. The lowest BCUT2D eigenvalue weighted by molar-refractivity contribution is 0.252. The summed E-state index contributed by atoms with van der Waals surface area (Å²) in [4.78, 5) is -0.994. The van der Waals surface area contributed by atoms with Gasteiger partial charge in [-0.1, -0.05) is 27.7 Å². The number of benzene rings is 1. The first-order valence-electron chi connectivity index (χ1n) is 6.21. The zero-order chi connectivity index (χ0) is 15.7. The second-order valence-corrected chi connectivity index (χ2v) is 7.49. The summed E-state index contributed by atoms with van der Waals surface area (Å²) in [5, 5.41) is 0. The molecule has 0 heterocycles. The highest BCUT2D eigenvalue weighted by Gasteiger charge is 2.29. The van der Waals surface area contributed by atoms with Crippen LogP contribution in [0.15, 0.2) is 17.0 Å². The number of nitrogens with one attached hydrogen (secondary N) is 1. The maximum Gasteiger partial charge on any atom is 0.246 e. The lowest BCUT2D eigenvalue weighted by Gasteiger charge is -2.29. The number of hydrogen-bond acceptors (Lipinski definition) is 3. The van der Waals surface area contributed by atoms with Gasteiger partial charge in [-0.25, -0.2) is 21.9 Å². The van der Waals surface area contributed by atoms with Gasteiger partial charge in [-0.05, 0) is 23.5 Å². The van der Waals surface area contributed by atoms with Crippen LogP contribution in [0.25, 0.3) is 0 Å². The van der Waals surface area contributed by atoms with E-state index in [2.05, 4.69) is 4.72 Å². The smallest absolute Gasteiger partial charge is 0.246 e. The van der Waals surface area contributed by atoms with E-state index in [1.54, 1.807) is 0 Å². The average Bonchev–Trinajstić information content (AvgIpc) is 2.24. The topological polar surface area (TPSA) is 72.2 Å². The first kappa shape index (κ1) is 16.8. The molecule has 1 rings (SSSR count). The molecule has 114 valence electrons. The summed E-state index contributed by atoms with van der Waals surface area (Å²) < 4.78 is 53.6. The molecule has 0 aliphatic carbocycles. The van der Waals surface area contributed by atoms with Crippen molar-refractivity contribution in [1.82, 2.24) is 4.72 Å². The quantitative estimate of drug-likeness (QED) is 0.821. The molecule has 7 heteroatoms. The number of hydrogen-bond donors (Lipinski definition) is 2. The normalized spacial score (nSPS) is 12.9. The van der Waals surface area contributed by atoms with Gasteiger partial charge in [0.15, 0.2) is 4.90 Å². The van der Waals surface area contributed by atoms with E-state index in [0.29, 0.717) is 0 Å². The van der Waals surface area contributed by atoms with Gasteiger partial charge in [0, 0.05) is 12.2 Å². The van der Waals surface area contributed by atoms with Crippen LogP contribution in [0.3, 0.4) is 0 Å². The number of sulfonamides is 1. The van der Waals surface area contributed by atoms with E-state index in [9.17, 15) is 17.2 Å². The molecule has 0 aliphatic rings. The molecule has 1 aromatic rings. The largest absolute Gasteiger partial charge is 0.399 e. The van der Waals surface area contributed by atoms with E-state index in [4.69, 9.17) is 5.73 Å². The second-order valence-electron chi connectivity index (χ2n) is 5.78. The Morgan fingerprint density at radius 2 is 1.70 bits per heavy atom. The Hall–Kier alpha value is -1.21. The molecule has 0 saturated heterocycles. The van der Waals surface area contributed by atoms with Gasteiger partial charge in [-0.15, -0.1) is 0 Å². The van der Waals surface area contributed by atoms with Gasteiger partial charge < -0.3 is 5.73 Å². The summed E-state index contributed by atoms with van der Waals surface area (Å²) in [6.45, 7) is 7.71. The van der Waals surface area contributed by atoms with Crippen molar-refractivity contribution in [3.8, 4) is 0 Å². The van der Waals surface area contributed by atoms with E-state index in [0.717, 1.165) is 12.1 Å². The fourth-order valence-electron chi connectivity index (χ4n) is 1.39. The van der Waals surface area contributed by atoms with E-state index in [-0.39, 0.29) is 23.6 Å². The van der Waals surface area contributed by atoms with Gasteiger partial charge in [0.25, 0.3) is 0 Å². The van der Waals surface area contributed by atoms with Crippen molar-refractivity contribution in [3.63, 3.8) is 0 Å². The molecule has 0 saturated carbocycles. The lowest BCUT2D eigenvalue weighted by atomic mass is 9.81. The summed E-state index contributed by atoms with van der Waals surface area (Å²) in [6, 6.07) is 1.57. The zero-order valence-corrected chi connectivity index (χ0v) is 12.8. The SMILES string of the molecule is CC(C)C(C)(C)CNS(=O)(=O)c1c(F)cc(N)cc1F. The molecule has 4 nitrogen and oxygen atoms in total. The molecule has 0 radical (unpaired) electrons. The second kappa shape index (κ2) is 5.65. The minimum atomic E-state index is -4.26. The molecule has 1 aromatic carbocycles. The Morgan fingerprint density at radius 3 is 2.10 bits per heavy atom. The molecule has 0 spiro atoms. The standard InChI is InChI=1S/C13H20F2N2O2S/c1-8(2)13(3,4)7-17-20(18,19)12-10(14)5-9(16)6-11(12)15/h5-6,8,17H,7,16H2,1-4H3. The maximum absolute atomic E-state index is 13.6. The van der Waals surface area contributed by atoms with Crippen LogP contribution in [0, 0.1) is 23.0 Å². The van der Waals surface area contributed by atoms with Crippen molar-refractivity contribution in [2.75, 3.05) is 12.3 Å². The van der Waals surface area contributed by atoms with Crippen LogP contribution in [-0.4, -0.2) is 15.0 Å². The third-order valence-electron chi connectivity index (χ3n) is 3.57. The highest BCUT2D eigenvalue weighted by atomic mass is 32.2. The van der Waals surface area contributed by atoms with Gasteiger partial charge in [-0.3, -0.25) is 0 Å². The summed E-state index contributed by atoms with van der Waals surface area (Å²) in [6.07, 6.45) is 0. The predicted molar refractivity (Wildman–Crippen MR) is 74.6 cm³/mol. The number of nitrogen functional groups attached to an aromatic ring is 1. The number of nitrogens with two attached hydrogens (primary N) is 1. The molecule has 0 aliphatic heterocycles. The monoisotopic (exact) mass is 306 g/mol. The molecule has 0 amide bonds. The third-order valence-corrected chi connectivity index (χ3v) is 5.02. The van der Waals surface area contributed by atoms with Gasteiger partial charge in [0.1, 0.15) is 11.6 Å². The van der Waals surface area contributed by atoms with Crippen molar-refractivity contribution >= 4 is 15.7 Å². The molecular weight excluding hydrogens is 286 g/mol. The molecule has 20 heavy (non-hydrogen) atoms. The Morgan fingerprint density at radius 1 is 1.25 bits per heavy atom. The first-order chi connectivity index (χ1) is 8.97. The fourth-order valence-corrected chi connectivity index (χ4v) is 2.73. The Bertz CT molecular complexity index is 575. The lowest BCUT2D eigenvalue weighted by Crippen LogP contribution is -2.37. The summed E-state index contributed by atoms with van der Waals surface area (Å²) >= 11 is 0. The molecular formula is C13H20F2N2O2S. The summed E-state index contributed by atoms with van der Waals surface area (Å²) in [5.41, 5.74) is 4.75. The number of anilines is 1. The van der Waals surface area contributed by atoms with Crippen LogP contribution in [0.1, 0.15) is 27.7 Å². The van der Waals surface area contributed by atoms with Crippen molar-refractivity contribution in [2.24, 2.45) is 11.3 Å². The minimum Gasteiger partial charge on any atom is -0.399 e. The van der Waals surface area contributed by atoms with Gasteiger partial charge >= 0.3 is 0 Å². The Balaban J connectivity index is 3.08. The van der Waals surface area contributed by atoms with Crippen LogP contribution >= 0.6 is 0 Å². The highest BCUT2D eigenvalue weighted by Crippen LogP contribution is 2.27. The molecule has 0 aromatic heterocycles. The summed E-state index contributed by atoms with van der Waals surface area (Å²) in [7, 11) is -4.26. The predicted octanol–water partition coefficient (Wildman–Crippen LogP) is 2.51. The summed E-state index contributed by atoms with van der Waals surface area (Å²) in [5.74, 6) is -2.19. The van der Waals surface area contributed by atoms with Crippen molar-refractivity contribution < 1.29 is 17.2 Å². The molecule has 0 atom stereocenters. The van der Waals surface area contributed by atoms with Crippen molar-refractivity contribution in [1.29, 1.82) is 0 Å². The molecule has 0 fully saturated rings. The van der Waals surface area contributed by atoms with E-state index in [1.807, 2.05) is 27.7 Å². The van der Waals surface area contributed by atoms with Gasteiger partial charge in [0.05, 0.1) is 0 Å². The van der Waals surface area contributed by atoms with Crippen molar-refractivity contribution in [2.45, 2.75) is 32.6 Å². The van der Waals surface area contributed by atoms with E-state index < -0.39 is 26.6 Å². The Labute approximate surface area is 118 Å².